The van der Waals surface area contributed by atoms with Crippen LogP contribution in [0.5, 0.6) is 0 Å². The maximum absolute atomic E-state index is 5.96. The van der Waals surface area contributed by atoms with Crippen molar-refractivity contribution in [1.82, 2.24) is 0 Å². The van der Waals surface area contributed by atoms with Crippen molar-refractivity contribution < 1.29 is 0 Å². The molecule has 0 fully saturated rings. The molecule has 0 bridgehead atoms. The molecule has 0 unspecified atom stereocenters. The number of benzene rings is 1. The predicted octanol–water partition coefficient (Wildman–Crippen LogP) is 5.74. The average molecular weight is 361 g/mol. The summed E-state index contributed by atoms with van der Waals surface area (Å²) in [6, 6.07) is 8.31. The van der Waals surface area contributed by atoms with Gasteiger partial charge in [-0.3, -0.25) is 0 Å². The minimum atomic E-state index is 0.435. The van der Waals surface area contributed by atoms with Crippen LogP contribution in [0.15, 0.2) is 29.8 Å². The second-order valence-corrected chi connectivity index (χ2v) is 6.76. The first-order valence-corrected chi connectivity index (χ1v) is 7.95. The molecule has 0 nitrogen and oxygen atoms in total. The van der Waals surface area contributed by atoms with E-state index in [1.807, 2.05) is 12.1 Å². The molecule has 0 spiro atoms. The Kier molecular flexibility index (Phi) is 4.19. The number of rotatable bonds is 2. The van der Waals surface area contributed by atoms with Crippen molar-refractivity contribution in [3.05, 3.63) is 40.4 Å². The monoisotopic (exact) mass is 360 g/mol. The highest BCUT2D eigenvalue weighted by Gasteiger charge is 2.27. The van der Waals surface area contributed by atoms with Crippen LogP contribution in [0, 0.1) is 5.41 Å². The fourth-order valence-electron chi connectivity index (χ4n) is 2.44. The fourth-order valence-corrected chi connectivity index (χ4v) is 3.40. The SMILES string of the molecule is CC1(C)CCC(CI)=C(c2ccc(Cl)cc2)C1. The van der Waals surface area contributed by atoms with Gasteiger partial charge < -0.3 is 0 Å². The Morgan fingerprint density at radius 3 is 2.47 bits per heavy atom. The van der Waals surface area contributed by atoms with E-state index in [9.17, 15) is 0 Å². The van der Waals surface area contributed by atoms with Crippen LogP contribution in [-0.4, -0.2) is 4.43 Å². The average Bonchev–Trinajstić information content (AvgIpc) is 2.29. The summed E-state index contributed by atoms with van der Waals surface area (Å²) in [5.74, 6) is 0. The van der Waals surface area contributed by atoms with Crippen LogP contribution in [0.1, 0.15) is 38.7 Å². The Labute approximate surface area is 123 Å². The van der Waals surface area contributed by atoms with Gasteiger partial charge >= 0.3 is 0 Å². The highest BCUT2D eigenvalue weighted by molar-refractivity contribution is 14.1. The molecule has 0 N–H and O–H groups in total. The minimum Gasteiger partial charge on any atom is -0.0843 e. The fraction of sp³-hybridized carbons (Fsp3) is 0.467. The maximum Gasteiger partial charge on any atom is 0.0406 e. The third-order valence-corrected chi connectivity index (χ3v) is 4.71. The Bertz CT molecular complexity index is 429. The Hall–Kier alpha value is -0.0200. The molecule has 0 amide bonds. The third-order valence-electron chi connectivity index (χ3n) is 3.54. The molecule has 1 aromatic rings. The zero-order chi connectivity index (χ0) is 12.5. The lowest BCUT2D eigenvalue weighted by Gasteiger charge is -2.33. The molecule has 0 saturated heterocycles. The molecule has 2 heteroatoms. The quantitative estimate of drug-likeness (QED) is 0.466. The first kappa shape index (κ1) is 13.4. The summed E-state index contributed by atoms with van der Waals surface area (Å²) in [5, 5.41) is 0.820. The Morgan fingerprint density at radius 2 is 1.88 bits per heavy atom. The third kappa shape index (κ3) is 3.25. The predicted molar refractivity (Wildman–Crippen MR) is 84.9 cm³/mol. The molecule has 0 radical (unpaired) electrons. The second-order valence-electron chi connectivity index (χ2n) is 5.56. The van der Waals surface area contributed by atoms with Crippen molar-refractivity contribution in [2.45, 2.75) is 33.1 Å². The topological polar surface area (TPSA) is 0 Å². The molecule has 0 aromatic heterocycles. The number of hydrogen-bond donors (Lipinski definition) is 0. The van der Waals surface area contributed by atoms with Crippen LogP contribution >= 0.6 is 34.2 Å². The lowest BCUT2D eigenvalue weighted by molar-refractivity contribution is 0.332. The van der Waals surface area contributed by atoms with E-state index in [1.54, 1.807) is 11.1 Å². The number of hydrogen-bond acceptors (Lipinski definition) is 0. The highest BCUT2D eigenvalue weighted by atomic mass is 127. The van der Waals surface area contributed by atoms with Crippen molar-refractivity contribution in [1.29, 1.82) is 0 Å². The van der Waals surface area contributed by atoms with Gasteiger partial charge in [0.2, 0.25) is 0 Å². The van der Waals surface area contributed by atoms with Crippen LogP contribution in [0.3, 0.4) is 0 Å². The normalized spacial score (nSPS) is 19.5. The highest BCUT2D eigenvalue weighted by Crippen LogP contribution is 2.43. The van der Waals surface area contributed by atoms with Crippen molar-refractivity contribution in [3.8, 4) is 0 Å². The summed E-state index contributed by atoms with van der Waals surface area (Å²) in [6.07, 6.45) is 3.74. The zero-order valence-corrected chi connectivity index (χ0v) is 13.3. The van der Waals surface area contributed by atoms with Gasteiger partial charge in [-0.15, -0.1) is 0 Å². The zero-order valence-electron chi connectivity index (χ0n) is 10.4. The smallest absolute Gasteiger partial charge is 0.0406 e. The van der Waals surface area contributed by atoms with E-state index in [0.29, 0.717) is 5.41 Å². The molecule has 1 aromatic carbocycles. The molecule has 0 atom stereocenters. The van der Waals surface area contributed by atoms with Gasteiger partial charge in [0.25, 0.3) is 0 Å². The summed E-state index contributed by atoms with van der Waals surface area (Å²) < 4.78 is 1.14. The minimum absolute atomic E-state index is 0.435. The molecule has 1 aliphatic carbocycles. The molecule has 0 heterocycles. The number of halogens is 2. The van der Waals surface area contributed by atoms with Crippen molar-refractivity contribution in [2.75, 3.05) is 4.43 Å². The van der Waals surface area contributed by atoms with E-state index in [1.165, 1.54) is 24.8 Å². The van der Waals surface area contributed by atoms with Crippen molar-refractivity contribution >= 4 is 39.8 Å². The largest absolute Gasteiger partial charge is 0.0843 e. The standard InChI is InChI=1S/C15H18ClI/c1-15(2)8-7-12(10-17)14(9-15)11-3-5-13(16)6-4-11/h3-6H,7-10H2,1-2H3. The van der Waals surface area contributed by atoms with Crippen LogP contribution in [0.25, 0.3) is 5.57 Å². The van der Waals surface area contributed by atoms with Crippen LogP contribution < -0.4 is 0 Å². The van der Waals surface area contributed by atoms with Crippen LogP contribution in [0.2, 0.25) is 5.02 Å². The summed E-state index contributed by atoms with van der Waals surface area (Å²) >= 11 is 8.44. The molecule has 1 aliphatic rings. The molecule has 0 aliphatic heterocycles. The van der Waals surface area contributed by atoms with Gasteiger partial charge in [-0.1, -0.05) is 65.7 Å². The molecule has 17 heavy (non-hydrogen) atoms. The van der Waals surface area contributed by atoms with Crippen molar-refractivity contribution in [3.63, 3.8) is 0 Å². The first-order valence-electron chi connectivity index (χ1n) is 6.05. The summed E-state index contributed by atoms with van der Waals surface area (Å²) in [7, 11) is 0. The summed E-state index contributed by atoms with van der Waals surface area (Å²) in [4.78, 5) is 0. The van der Waals surface area contributed by atoms with Gasteiger partial charge in [-0.2, -0.15) is 0 Å². The molecule has 92 valence electrons. The van der Waals surface area contributed by atoms with E-state index in [0.717, 1.165) is 9.45 Å². The second kappa shape index (κ2) is 5.31. The molecule has 0 saturated carbocycles. The van der Waals surface area contributed by atoms with Gasteiger partial charge in [0.15, 0.2) is 0 Å². The van der Waals surface area contributed by atoms with Gasteiger partial charge in [-0.25, -0.2) is 0 Å². The molecule has 2 rings (SSSR count). The maximum atomic E-state index is 5.96. The van der Waals surface area contributed by atoms with Crippen molar-refractivity contribution in [2.24, 2.45) is 5.41 Å². The summed E-state index contributed by atoms with van der Waals surface area (Å²) in [5.41, 5.74) is 4.96. The first-order chi connectivity index (χ1) is 8.02. The summed E-state index contributed by atoms with van der Waals surface area (Å²) in [6.45, 7) is 4.74. The van der Waals surface area contributed by atoms with E-state index in [4.69, 9.17) is 11.6 Å². The van der Waals surface area contributed by atoms with Gasteiger partial charge in [0.1, 0.15) is 0 Å². The lowest BCUT2D eigenvalue weighted by Crippen LogP contribution is -2.18. The van der Waals surface area contributed by atoms with Gasteiger partial charge in [0, 0.05) is 9.45 Å². The molecular weight excluding hydrogens is 343 g/mol. The number of allylic oxidation sites excluding steroid dienone is 2. The Morgan fingerprint density at radius 1 is 1.24 bits per heavy atom. The van der Waals surface area contributed by atoms with Gasteiger partial charge in [-0.05, 0) is 47.9 Å². The van der Waals surface area contributed by atoms with Crippen LogP contribution in [-0.2, 0) is 0 Å². The Balaban J connectivity index is 2.39. The van der Waals surface area contributed by atoms with Gasteiger partial charge in [0.05, 0.1) is 0 Å². The van der Waals surface area contributed by atoms with E-state index >= 15 is 0 Å². The lowest BCUT2D eigenvalue weighted by atomic mass is 9.73. The van der Waals surface area contributed by atoms with E-state index < -0.39 is 0 Å². The number of alkyl halides is 1. The van der Waals surface area contributed by atoms with E-state index in [2.05, 4.69) is 48.6 Å². The van der Waals surface area contributed by atoms with E-state index in [-0.39, 0.29) is 0 Å². The molecular formula is C15H18ClI. The van der Waals surface area contributed by atoms with Crippen LogP contribution in [0.4, 0.5) is 0 Å².